The van der Waals surface area contributed by atoms with Crippen molar-refractivity contribution in [3.8, 4) is 0 Å². The topological polar surface area (TPSA) is 86.8 Å². The second-order valence-corrected chi connectivity index (χ2v) is 12.7. The first-order valence-corrected chi connectivity index (χ1v) is 15.5. The zero-order valence-electron chi connectivity index (χ0n) is 24.3. The van der Waals surface area contributed by atoms with Gasteiger partial charge in [-0.2, -0.15) is 0 Å². The summed E-state index contributed by atoms with van der Waals surface area (Å²) < 4.78 is 27.0. The van der Waals surface area contributed by atoms with Crippen molar-refractivity contribution < 1.29 is 18.0 Å². The van der Waals surface area contributed by atoms with E-state index in [-0.39, 0.29) is 24.4 Å². The number of hydrogen-bond donors (Lipinski definition) is 1. The molecule has 0 fully saturated rings. The average Bonchev–Trinajstić information content (AvgIpc) is 2.89. The normalized spacial score (nSPS) is 12.3. The van der Waals surface area contributed by atoms with Gasteiger partial charge in [-0.25, -0.2) is 8.42 Å². The molecule has 0 heterocycles. The molecule has 2 amide bonds. The smallest absolute Gasteiger partial charge is 0.244 e. The molecule has 1 atom stereocenters. The molecule has 0 spiro atoms. The lowest BCUT2D eigenvalue weighted by Gasteiger charge is -2.34. The number of rotatable bonds is 12. The molecule has 0 saturated carbocycles. The van der Waals surface area contributed by atoms with Crippen LogP contribution in [-0.2, 0) is 32.6 Å². The SMILES string of the molecule is Cc1ccccc1CN(C(=O)CN(c1ccc(C(C)C)cc1)S(C)(=O)=O)C(Cc1ccccc1)C(=O)NC(C)C. The Labute approximate surface area is 239 Å². The second kappa shape index (κ2) is 13.6. The van der Waals surface area contributed by atoms with Gasteiger partial charge in [0.05, 0.1) is 11.9 Å². The maximum absolute atomic E-state index is 14.1. The highest BCUT2D eigenvalue weighted by Gasteiger charge is 2.33. The quantitative estimate of drug-likeness (QED) is 0.334. The van der Waals surface area contributed by atoms with E-state index in [0.29, 0.717) is 12.1 Å². The van der Waals surface area contributed by atoms with Gasteiger partial charge in [-0.15, -0.1) is 0 Å². The molecule has 3 rings (SSSR count). The first-order valence-electron chi connectivity index (χ1n) is 13.6. The highest BCUT2D eigenvalue weighted by molar-refractivity contribution is 7.92. The Morgan fingerprint density at radius 2 is 1.45 bits per heavy atom. The summed E-state index contributed by atoms with van der Waals surface area (Å²) in [7, 11) is -3.80. The van der Waals surface area contributed by atoms with Crippen LogP contribution in [0.25, 0.3) is 0 Å². The van der Waals surface area contributed by atoms with E-state index in [0.717, 1.165) is 32.8 Å². The number of anilines is 1. The van der Waals surface area contributed by atoms with Gasteiger partial charge in [0.1, 0.15) is 12.6 Å². The van der Waals surface area contributed by atoms with Crippen LogP contribution in [0.4, 0.5) is 5.69 Å². The lowest BCUT2D eigenvalue weighted by molar-refractivity contribution is -0.140. The van der Waals surface area contributed by atoms with Crippen LogP contribution in [0.2, 0.25) is 0 Å². The number of carbonyl (C=O) groups is 2. The van der Waals surface area contributed by atoms with Crippen molar-refractivity contribution in [2.45, 2.75) is 65.6 Å². The van der Waals surface area contributed by atoms with Crippen molar-refractivity contribution in [1.29, 1.82) is 0 Å². The van der Waals surface area contributed by atoms with Crippen LogP contribution in [0.5, 0.6) is 0 Å². The maximum atomic E-state index is 14.1. The molecule has 1 N–H and O–H groups in total. The molecule has 0 aliphatic heterocycles. The first-order chi connectivity index (χ1) is 18.9. The molecule has 0 bridgehead atoms. The molecule has 0 aromatic heterocycles. The van der Waals surface area contributed by atoms with Gasteiger partial charge in [-0.1, -0.05) is 80.6 Å². The van der Waals surface area contributed by atoms with Gasteiger partial charge in [-0.05, 0) is 61.1 Å². The van der Waals surface area contributed by atoms with Crippen molar-refractivity contribution in [2.24, 2.45) is 0 Å². The molecule has 40 heavy (non-hydrogen) atoms. The monoisotopic (exact) mass is 563 g/mol. The third kappa shape index (κ3) is 8.42. The number of hydrogen-bond acceptors (Lipinski definition) is 4. The standard InChI is InChI=1S/C32H41N3O4S/c1-23(2)27-16-18-29(19-17-27)35(40(6,38)39)22-31(36)34(21-28-15-11-10-12-25(28)5)30(32(37)33-24(3)4)20-26-13-8-7-9-14-26/h7-19,23-24,30H,20-22H2,1-6H3,(H,33,37). The third-order valence-electron chi connectivity index (χ3n) is 6.83. The third-order valence-corrected chi connectivity index (χ3v) is 7.97. The minimum atomic E-state index is -3.80. The van der Waals surface area contributed by atoms with E-state index >= 15 is 0 Å². The Morgan fingerprint density at radius 3 is 2.00 bits per heavy atom. The van der Waals surface area contributed by atoms with E-state index in [2.05, 4.69) is 19.2 Å². The van der Waals surface area contributed by atoms with Crippen molar-refractivity contribution in [2.75, 3.05) is 17.1 Å². The van der Waals surface area contributed by atoms with E-state index in [1.807, 2.05) is 87.5 Å². The Bertz CT molecular complexity index is 1390. The van der Waals surface area contributed by atoms with Crippen LogP contribution in [0.15, 0.2) is 78.9 Å². The van der Waals surface area contributed by atoms with E-state index in [1.54, 1.807) is 12.1 Å². The highest BCUT2D eigenvalue weighted by Crippen LogP contribution is 2.24. The minimum absolute atomic E-state index is 0.131. The summed E-state index contributed by atoms with van der Waals surface area (Å²) in [5.41, 5.74) is 4.24. The summed E-state index contributed by atoms with van der Waals surface area (Å²) >= 11 is 0. The molecular formula is C32H41N3O4S. The Morgan fingerprint density at radius 1 is 0.850 bits per heavy atom. The van der Waals surface area contributed by atoms with Crippen molar-refractivity contribution in [3.63, 3.8) is 0 Å². The van der Waals surface area contributed by atoms with Crippen LogP contribution in [0, 0.1) is 6.92 Å². The number of amides is 2. The van der Waals surface area contributed by atoms with Gasteiger partial charge >= 0.3 is 0 Å². The number of nitrogens with one attached hydrogen (secondary N) is 1. The molecule has 8 heteroatoms. The van der Waals surface area contributed by atoms with Crippen molar-refractivity contribution in [1.82, 2.24) is 10.2 Å². The van der Waals surface area contributed by atoms with Gasteiger partial charge in [-0.3, -0.25) is 13.9 Å². The number of carbonyl (C=O) groups excluding carboxylic acids is 2. The Balaban J connectivity index is 2.05. The molecule has 1 unspecified atom stereocenters. The van der Waals surface area contributed by atoms with Gasteiger partial charge in [0.25, 0.3) is 0 Å². The Kier molecular flexibility index (Phi) is 10.5. The highest BCUT2D eigenvalue weighted by atomic mass is 32.2. The lowest BCUT2D eigenvalue weighted by atomic mass is 10.0. The molecular weight excluding hydrogens is 522 g/mol. The number of nitrogens with zero attached hydrogens (tertiary/aromatic N) is 2. The number of sulfonamides is 1. The van der Waals surface area contributed by atoms with Gasteiger partial charge < -0.3 is 10.2 Å². The van der Waals surface area contributed by atoms with Crippen molar-refractivity contribution in [3.05, 3.63) is 101 Å². The molecule has 0 aliphatic carbocycles. The maximum Gasteiger partial charge on any atom is 0.244 e. The molecule has 214 valence electrons. The zero-order chi connectivity index (χ0) is 29.4. The molecule has 0 radical (unpaired) electrons. The van der Waals surface area contributed by atoms with Gasteiger partial charge in [0.2, 0.25) is 21.8 Å². The van der Waals surface area contributed by atoms with E-state index in [9.17, 15) is 18.0 Å². The lowest BCUT2D eigenvalue weighted by Crippen LogP contribution is -2.54. The summed E-state index contributed by atoms with van der Waals surface area (Å²) in [5.74, 6) is -0.459. The van der Waals surface area contributed by atoms with E-state index in [1.165, 1.54) is 4.90 Å². The van der Waals surface area contributed by atoms with Crippen LogP contribution in [0.3, 0.4) is 0 Å². The average molecular weight is 564 g/mol. The van der Waals surface area contributed by atoms with Crippen molar-refractivity contribution >= 4 is 27.5 Å². The fourth-order valence-electron chi connectivity index (χ4n) is 4.54. The fourth-order valence-corrected chi connectivity index (χ4v) is 5.39. The summed E-state index contributed by atoms with van der Waals surface area (Å²) in [6.45, 7) is 9.56. The second-order valence-electron chi connectivity index (χ2n) is 10.8. The first kappa shape index (κ1) is 30.9. The zero-order valence-corrected chi connectivity index (χ0v) is 25.1. The molecule has 0 aliphatic rings. The van der Waals surface area contributed by atoms with Gasteiger partial charge in [0.15, 0.2) is 0 Å². The van der Waals surface area contributed by atoms with E-state index in [4.69, 9.17) is 0 Å². The predicted octanol–water partition coefficient (Wildman–Crippen LogP) is 5.05. The van der Waals surface area contributed by atoms with Crippen LogP contribution in [-0.4, -0.2) is 50.0 Å². The molecule has 7 nitrogen and oxygen atoms in total. The molecule has 0 saturated heterocycles. The summed E-state index contributed by atoms with van der Waals surface area (Å²) in [5, 5.41) is 2.97. The minimum Gasteiger partial charge on any atom is -0.352 e. The molecule has 3 aromatic rings. The predicted molar refractivity (Wildman–Crippen MR) is 162 cm³/mol. The van der Waals surface area contributed by atoms with Crippen LogP contribution >= 0.6 is 0 Å². The summed E-state index contributed by atoms with van der Waals surface area (Å²) in [4.78, 5) is 29.2. The summed E-state index contributed by atoms with van der Waals surface area (Å²) in [6, 6.07) is 23.5. The summed E-state index contributed by atoms with van der Waals surface area (Å²) in [6.07, 6.45) is 1.38. The van der Waals surface area contributed by atoms with E-state index < -0.39 is 28.5 Å². The van der Waals surface area contributed by atoms with Crippen LogP contribution in [0.1, 0.15) is 55.9 Å². The van der Waals surface area contributed by atoms with Crippen LogP contribution < -0.4 is 9.62 Å². The Hall–Kier alpha value is -3.65. The number of benzene rings is 3. The number of aryl methyl sites for hydroxylation is 1. The molecule has 3 aromatic carbocycles. The largest absolute Gasteiger partial charge is 0.352 e. The van der Waals surface area contributed by atoms with Gasteiger partial charge in [0, 0.05) is 19.0 Å². The fraction of sp³-hybridized carbons (Fsp3) is 0.375.